The minimum absolute atomic E-state index is 0.0278. The Hall–Kier alpha value is -2.45. The Morgan fingerprint density at radius 2 is 2.08 bits per heavy atom. The fourth-order valence-corrected chi connectivity index (χ4v) is 3.35. The number of nitro groups is 1. The lowest BCUT2D eigenvalue weighted by atomic mass is 10.2. The number of thiophene rings is 1. The number of quaternary nitrogens is 1. The zero-order chi connectivity index (χ0) is 17.1. The highest BCUT2D eigenvalue weighted by atomic mass is 32.1. The number of amides is 1. The molecule has 0 unspecified atom stereocenters. The van der Waals surface area contributed by atoms with Crippen molar-refractivity contribution in [1.29, 1.82) is 0 Å². The van der Waals surface area contributed by atoms with Crippen molar-refractivity contribution >= 4 is 34.3 Å². The first-order chi connectivity index (χ1) is 11.5. The van der Waals surface area contributed by atoms with Crippen molar-refractivity contribution in [2.75, 3.05) is 43.4 Å². The predicted octanol–water partition coefficient (Wildman–Crippen LogP) is 1.24. The Bertz CT molecular complexity index is 740. The van der Waals surface area contributed by atoms with Gasteiger partial charge in [-0.15, -0.1) is 11.3 Å². The van der Waals surface area contributed by atoms with E-state index < -0.39 is 4.92 Å². The number of non-ortho nitro benzene ring substituents is 1. The van der Waals surface area contributed by atoms with E-state index in [0.717, 1.165) is 31.9 Å². The van der Waals surface area contributed by atoms with Crippen molar-refractivity contribution in [1.82, 2.24) is 0 Å². The second-order valence-corrected chi connectivity index (χ2v) is 6.78. The van der Waals surface area contributed by atoms with Crippen molar-refractivity contribution in [2.45, 2.75) is 0 Å². The molecule has 8 heteroatoms. The van der Waals surface area contributed by atoms with E-state index >= 15 is 0 Å². The molecule has 2 aromatic rings. The van der Waals surface area contributed by atoms with Crippen LogP contribution < -0.4 is 15.1 Å². The van der Waals surface area contributed by atoms with Gasteiger partial charge in [-0.3, -0.25) is 14.9 Å². The van der Waals surface area contributed by atoms with Gasteiger partial charge in [0.25, 0.3) is 11.6 Å². The van der Waals surface area contributed by atoms with Gasteiger partial charge in [0.1, 0.15) is 0 Å². The maximum atomic E-state index is 12.4. The second-order valence-electron chi connectivity index (χ2n) is 5.83. The number of nitrogens with one attached hydrogen (secondary N) is 2. The van der Waals surface area contributed by atoms with Gasteiger partial charge in [-0.05, 0) is 17.5 Å². The summed E-state index contributed by atoms with van der Waals surface area (Å²) in [6, 6.07) is 8.18. The van der Waals surface area contributed by atoms with E-state index in [9.17, 15) is 14.9 Å². The molecular weight excluding hydrogens is 328 g/mol. The van der Waals surface area contributed by atoms with Crippen LogP contribution in [0.4, 0.5) is 17.1 Å². The molecule has 0 bridgehead atoms. The van der Waals surface area contributed by atoms with Crippen LogP contribution in [0.2, 0.25) is 0 Å². The summed E-state index contributed by atoms with van der Waals surface area (Å²) in [7, 11) is 2.15. The molecule has 0 saturated carbocycles. The molecular formula is C16H19N4O3S+. The van der Waals surface area contributed by atoms with E-state index in [2.05, 4.69) is 17.3 Å². The van der Waals surface area contributed by atoms with Crippen LogP contribution >= 0.6 is 11.3 Å². The average molecular weight is 347 g/mol. The molecule has 126 valence electrons. The van der Waals surface area contributed by atoms with E-state index in [0.29, 0.717) is 10.6 Å². The second kappa shape index (κ2) is 6.98. The number of benzene rings is 1. The van der Waals surface area contributed by atoms with Gasteiger partial charge in [0.05, 0.1) is 54.4 Å². The lowest BCUT2D eigenvalue weighted by Gasteiger charge is -2.32. The van der Waals surface area contributed by atoms with Crippen molar-refractivity contribution in [3.8, 4) is 0 Å². The van der Waals surface area contributed by atoms with Crippen LogP contribution in [0.1, 0.15) is 9.67 Å². The highest BCUT2D eigenvalue weighted by Crippen LogP contribution is 2.31. The number of likely N-dealkylation sites (N-methyl/N-ethyl adjacent to an activating group) is 1. The van der Waals surface area contributed by atoms with E-state index in [4.69, 9.17) is 0 Å². The zero-order valence-electron chi connectivity index (χ0n) is 13.3. The molecule has 1 aliphatic heterocycles. The van der Waals surface area contributed by atoms with Gasteiger partial charge < -0.3 is 15.1 Å². The van der Waals surface area contributed by atoms with E-state index in [1.807, 2.05) is 5.38 Å². The van der Waals surface area contributed by atoms with Crippen LogP contribution in [0.25, 0.3) is 0 Å². The highest BCUT2D eigenvalue weighted by molar-refractivity contribution is 7.12. The van der Waals surface area contributed by atoms with Crippen molar-refractivity contribution < 1.29 is 14.6 Å². The Labute approximate surface area is 143 Å². The monoisotopic (exact) mass is 347 g/mol. The lowest BCUT2D eigenvalue weighted by Crippen LogP contribution is -3.12. The molecule has 1 saturated heterocycles. The third kappa shape index (κ3) is 3.55. The largest absolute Gasteiger partial charge is 0.359 e. The molecule has 0 radical (unpaired) electrons. The number of hydrogen-bond donors (Lipinski definition) is 2. The number of hydrogen-bond acceptors (Lipinski definition) is 5. The van der Waals surface area contributed by atoms with Crippen LogP contribution in [0.5, 0.6) is 0 Å². The molecule has 0 atom stereocenters. The first-order valence-corrected chi connectivity index (χ1v) is 8.62. The quantitative estimate of drug-likeness (QED) is 0.644. The first-order valence-electron chi connectivity index (χ1n) is 7.74. The maximum Gasteiger partial charge on any atom is 0.271 e. The molecule has 1 aliphatic rings. The van der Waals surface area contributed by atoms with Gasteiger partial charge in [0.2, 0.25) is 0 Å². The van der Waals surface area contributed by atoms with Crippen molar-refractivity contribution in [3.05, 3.63) is 50.7 Å². The minimum Gasteiger partial charge on any atom is -0.359 e. The van der Waals surface area contributed by atoms with Crippen molar-refractivity contribution in [2.24, 2.45) is 0 Å². The Balaban J connectivity index is 1.90. The van der Waals surface area contributed by atoms with Crippen LogP contribution in [-0.2, 0) is 0 Å². The van der Waals surface area contributed by atoms with Gasteiger partial charge in [-0.1, -0.05) is 6.07 Å². The number of nitro benzene ring substituents is 1. The summed E-state index contributed by atoms with van der Waals surface area (Å²) >= 11 is 1.34. The smallest absolute Gasteiger partial charge is 0.271 e. The van der Waals surface area contributed by atoms with E-state index in [-0.39, 0.29) is 11.6 Å². The van der Waals surface area contributed by atoms with Gasteiger partial charge in [0, 0.05) is 12.1 Å². The molecule has 2 N–H and O–H groups in total. The minimum atomic E-state index is -0.446. The predicted molar refractivity (Wildman–Crippen MR) is 94.2 cm³/mol. The summed E-state index contributed by atoms with van der Waals surface area (Å²) in [5.74, 6) is -0.244. The van der Waals surface area contributed by atoms with Gasteiger partial charge >= 0.3 is 0 Å². The Morgan fingerprint density at radius 1 is 1.33 bits per heavy atom. The topological polar surface area (TPSA) is 79.9 Å². The number of rotatable bonds is 4. The standard InChI is InChI=1S/C16H18N4O3S/c1-18-6-8-19(9-7-18)14-5-4-12(20(22)23)11-13(14)17-16(21)15-3-2-10-24-15/h2-5,10-11H,6-9H2,1H3,(H,17,21)/p+1. The number of anilines is 2. The summed E-state index contributed by atoms with van der Waals surface area (Å²) in [5, 5.41) is 15.7. The van der Waals surface area contributed by atoms with Gasteiger partial charge in [-0.2, -0.15) is 0 Å². The number of nitrogens with zero attached hydrogens (tertiary/aromatic N) is 2. The van der Waals surface area contributed by atoms with Crippen molar-refractivity contribution in [3.63, 3.8) is 0 Å². The number of piperazine rings is 1. The summed E-state index contributed by atoms with van der Waals surface area (Å²) in [4.78, 5) is 27.2. The van der Waals surface area contributed by atoms with Crippen LogP contribution in [0, 0.1) is 10.1 Å². The fourth-order valence-electron chi connectivity index (χ4n) is 2.73. The van der Waals surface area contributed by atoms with Gasteiger partial charge in [-0.25, -0.2) is 0 Å². The fraction of sp³-hybridized carbons (Fsp3) is 0.312. The summed E-state index contributed by atoms with van der Waals surface area (Å²) in [6.07, 6.45) is 0. The molecule has 1 aromatic heterocycles. The summed E-state index contributed by atoms with van der Waals surface area (Å²) < 4.78 is 0. The lowest BCUT2D eigenvalue weighted by molar-refractivity contribution is -0.880. The molecule has 7 nitrogen and oxygen atoms in total. The molecule has 24 heavy (non-hydrogen) atoms. The van der Waals surface area contributed by atoms with E-state index in [1.54, 1.807) is 18.2 Å². The van der Waals surface area contributed by atoms with Gasteiger partial charge in [0.15, 0.2) is 0 Å². The zero-order valence-corrected chi connectivity index (χ0v) is 14.1. The van der Waals surface area contributed by atoms with Crippen LogP contribution in [0.15, 0.2) is 35.7 Å². The third-order valence-corrected chi connectivity index (χ3v) is 5.01. The van der Waals surface area contributed by atoms with Crippen LogP contribution in [0.3, 0.4) is 0 Å². The summed E-state index contributed by atoms with van der Waals surface area (Å²) in [5.41, 5.74) is 1.29. The normalized spacial score (nSPS) is 15.3. The highest BCUT2D eigenvalue weighted by Gasteiger charge is 2.22. The molecule has 0 aliphatic carbocycles. The molecule has 2 heterocycles. The molecule has 1 fully saturated rings. The average Bonchev–Trinajstić information content (AvgIpc) is 3.10. The Kier molecular flexibility index (Phi) is 4.77. The third-order valence-electron chi connectivity index (χ3n) is 4.14. The molecule has 0 spiro atoms. The maximum absolute atomic E-state index is 12.4. The molecule has 3 rings (SSSR count). The van der Waals surface area contributed by atoms with E-state index in [1.165, 1.54) is 28.4 Å². The number of carbonyl (C=O) groups is 1. The summed E-state index contributed by atoms with van der Waals surface area (Å²) in [6.45, 7) is 3.70. The van der Waals surface area contributed by atoms with Crippen LogP contribution in [-0.4, -0.2) is 44.1 Å². The Morgan fingerprint density at radius 3 is 2.71 bits per heavy atom. The molecule has 1 amide bonds. The SMILES string of the molecule is C[NH+]1CCN(c2ccc([N+](=O)[O-])cc2NC(=O)c2cccs2)CC1. The number of carbonyl (C=O) groups excluding carboxylic acids is 1. The first kappa shape index (κ1) is 16.4. The molecule has 1 aromatic carbocycles.